The average molecular weight is 123 g/mol. The summed E-state index contributed by atoms with van der Waals surface area (Å²) in [6.45, 7) is 0. The summed E-state index contributed by atoms with van der Waals surface area (Å²) in [4.78, 5) is 10.6. The maximum Gasteiger partial charge on any atom is 0.221 e. The average Bonchev–Trinajstić information content (AvgIpc) is 2.30. The van der Waals surface area contributed by atoms with Gasteiger partial charge in [-0.25, -0.2) is 0 Å². The van der Waals surface area contributed by atoms with Crippen molar-refractivity contribution in [1.29, 1.82) is 0 Å². The van der Waals surface area contributed by atoms with E-state index in [9.17, 15) is 4.79 Å². The van der Waals surface area contributed by atoms with E-state index >= 15 is 0 Å². The predicted octanol–water partition coefficient (Wildman–Crippen LogP) is 0.294. The molecular weight excluding hydrogens is 114 g/mol. The number of primary amides is 1. The molecule has 0 bridgehead atoms. The molecule has 0 spiro atoms. The van der Waals surface area contributed by atoms with Crippen molar-refractivity contribution >= 4 is 5.91 Å². The van der Waals surface area contributed by atoms with E-state index in [0.29, 0.717) is 11.8 Å². The quantitative estimate of drug-likeness (QED) is 0.500. The first-order valence-electron chi connectivity index (χ1n) is 3.26. The fourth-order valence-electron chi connectivity index (χ4n) is 1.76. The summed E-state index contributed by atoms with van der Waals surface area (Å²) < 4.78 is 0. The molecule has 0 heterocycles. The van der Waals surface area contributed by atoms with E-state index in [1.54, 1.807) is 0 Å². The number of nitrogens with two attached hydrogens (primary N) is 1. The lowest BCUT2D eigenvalue weighted by Crippen LogP contribution is -2.15. The zero-order valence-corrected chi connectivity index (χ0v) is 5.08. The molecule has 2 N–H and O–H groups in total. The van der Waals surface area contributed by atoms with Crippen LogP contribution in [0.25, 0.3) is 0 Å². The normalized spacial score (nSPS) is 44.7. The van der Waals surface area contributed by atoms with Crippen LogP contribution < -0.4 is 5.73 Å². The van der Waals surface area contributed by atoms with Gasteiger partial charge in [0.25, 0.3) is 0 Å². The number of hydrogen-bond acceptors (Lipinski definition) is 1. The monoisotopic (exact) mass is 123 g/mol. The highest BCUT2D eigenvalue weighted by molar-refractivity contribution is 5.81. The van der Waals surface area contributed by atoms with Crippen LogP contribution in [0.2, 0.25) is 0 Å². The second-order valence-electron chi connectivity index (χ2n) is 2.83. The minimum atomic E-state index is -0.116. The summed E-state index contributed by atoms with van der Waals surface area (Å²) >= 11 is 0. The molecule has 0 aromatic heterocycles. The van der Waals surface area contributed by atoms with Crippen LogP contribution in [-0.2, 0) is 4.79 Å². The second kappa shape index (κ2) is 1.38. The van der Waals surface area contributed by atoms with Gasteiger partial charge in [-0.05, 0) is 18.3 Å². The molecule has 48 valence electrons. The van der Waals surface area contributed by atoms with Crippen LogP contribution >= 0.6 is 0 Å². The fraction of sp³-hybridized carbons (Fsp3) is 0.571. The molecule has 1 amide bonds. The first-order chi connectivity index (χ1) is 4.30. The zero-order chi connectivity index (χ0) is 6.43. The van der Waals surface area contributed by atoms with Gasteiger partial charge in [-0.2, -0.15) is 0 Å². The highest BCUT2D eigenvalue weighted by atomic mass is 16.1. The molecule has 0 radical (unpaired) electrons. The molecule has 0 aromatic carbocycles. The molecule has 2 rings (SSSR count). The molecule has 1 saturated carbocycles. The van der Waals surface area contributed by atoms with Gasteiger partial charge in [-0.3, -0.25) is 4.79 Å². The molecule has 2 aliphatic carbocycles. The van der Waals surface area contributed by atoms with Crippen molar-refractivity contribution in [3.8, 4) is 0 Å². The molecule has 2 heteroatoms. The summed E-state index contributed by atoms with van der Waals surface area (Å²) in [7, 11) is 0. The van der Waals surface area contributed by atoms with Gasteiger partial charge in [-0.1, -0.05) is 12.2 Å². The molecule has 3 unspecified atom stereocenters. The maximum atomic E-state index is 10.6. The van der Waals surface area contributed by atoms with Crippen molar-refractivity contribution < 1.29 is 4.79 Å². The van der Waals surface area contributed by atoms with Gasteiger partial charge in [0.2, 0.25) is 5.91 Å². The Hall–Kier alpha value is -0.790. The Bertz CT molecular complexity index is 185. The van der Waals surface area contributed by atoms with Crippen LogP contribution in [-0.4, -0.2) is 5.91 Å². The SMILES string of the molecule is NC(=O)C1C2C=CCC21. The van der Waals surface area contributed by atoms with Gasteiger partial charge in [0.1, 0.15) is 0 Å². The molecule has 0 saturated heterocycles. The van der Waals surface area contributed by atoms with Crippen LogP contribution in [0.15, 0.2) is 12.2 Å². The minimum absolute atomic E-state index is 0.116. The first-order valence-corrected chi connectivity index (χ1v) is 3.26. The van der Waals surface area contributed by atoms with Crippen LogP contribution in [0, 0.1) is 17.8 Å². The highest BCUT2D eigenvalue weighted by Crippen LogP contribution is 2.53. The van der Waals surface area contributed by atoms with Crippen molar-refractivity contribution in [3.63, 3.8) is 0 Å². The molecule has 0 aliphatic heterocycles. The Morgan fingerprint density at radius 2 is 2.44 bits per heavy atom. The molecule has 0 aromatic rings. The minimum Gasteiger partial charge on any atom is -0.369 e. The summed E-state index contributed by atoms with van der Waals surface area (Å²) in [5.74, 6) is 1.18. The summed E-state index contributed by atoms with van der Waals surface area (Å²) in [6, 6.07) is 0. The summed E-state index contributed by atoms with van der Waals surface area (Å²) in [6.07, 6.45) is 5.31. The van der Waals surface area contributed by atoms with E-state index in [0.717, 1.165) is 6.42 Å². The van der Waals surface area contributed by atoms with Gasteiger partial charge in [0.15, 0.2) is 0 Å². The van der Waals surface area contributed by atoms with Crippen molar-refractivity contribution in [3.05, 3.63) is 12.2 Å². The van der Waals surface area contributed by atoms with Crippen molar-refractivity contribution in [2.24, 2.45) is 23.5 Å². The number of fused-ring (bicyclic) bond motifs is 1. The fourth-order valence-corrected chi connectivity index (χ4v) is 1.76. The standard InChI is InChI=1S/C7H9NO/c8-7(9)6-4-2-1-3-5(4)6/h1-2,4-6H,3H2,(H2,8,9). The van der Waals surface area contributed by atoms with E-state index in [4.69, 9.17) is 5.73 Å². The number of rotatable bonds is 1. The van der Waals surface area contributed by atoms with Crippen LogP contribution in [0.5, 0.6) is 0 Å². The van der Waals surface area contributed by atoms with Crippen molar-refractivity contribution in [1.82, 2.24) is 0 Å². The number of allylic oxidation sites excluding steroid dienone is 2. The lowest BCUT2D eigenvalue weighted by Gasteiger charge is -1.89. The Kier molecular flexibility index (Phi) is 0.770. The van der Waals surface area contributed by atoms with E-state index in [2.05, 4.69) is 12.2 Å². The third-order valence-electron chi connectivity index (χ3n) is 2.32. The lowest BCUT2D eigenvalue weighted by atomic mass is 10.2. The van der Waals surface area contributed by atoms with Gasteiger partial charge >= 0.3 is 0 Å². The van der Waals surface area contributed by atoms with E-state index in [-0.39, 0.29) is 11.8 Å². The lowest BCUT2D eigenvalue weighted by molar-refractivity contribution is -0.119. The highest BCUT2D eigenvalue weighted by Gasteiger charge is 2.53. The van der Waals surface area contributed by atoms with Gasteiger partial charge < -0.3 is 5.73 Å². The van der Waals surface area contributed by atoms with Gasteiger partial charge in [-0.15, -0.1) is 0 Å². The largest absolute Gasteiger partial charge is 0.369 e. The smallest absolute Gasteiger partial charge is 0.221 e. The number of hydrogen-bond donors (Lipinski definition) is 1. The third-order valence-corrected chi connectivity index (χ3v) is 2.32. The third kappa shape index (κ3) is 0.530. The maximum absolute atomic E-state index is 10.6. The molecule has 9 heavy (non-hydrogen) atoms. The van der Waals surface area contributed by atoms with Crippen LogP contribution in [0.3, 0.4) is 0 Å². The summed E-state index contributed by atoms with van der Waals surface area (Å²) in [5, 5.41) is 0. The van der Waals surface area contributed by atoms with Crippen LogP contribution in [0.4, 0.5) is 0 Å². The predicted molar refractivity (Wildman–Crippen MR) is 33.4 cm³/mol. The van der Waals surface area contributed by atoms with Crippen molar-refractivity contribution in [2.45, 2.75) is 6.42 Å². The van der Waals surface area contributed by atoms with Gasteiger partial charge in [0.05, 0.1) is 0 Å². The molecule has 3 atom stereocenters. The topological polar surface area (TPSA) is 43.1 Å². The Labute approximate surface area is 53.7 Å². The molecule has 2 nitrogen and oxygen atoms in total. The molecule has 1 fully saturated rings. The van der Waals surface area contributed by atoms with E-state index in [1.807, 2.05) is 0 Å². The van der Waals surface area contributed by atoms with E-state index < -0.39 is 0 Å². The number of amides is 1. The number of carbonyl (C=O) groups is 1. The first kappa shape index (κ1) is 5.03. The number of carbonyl (C=O) groups excluding carboxylic acids is 1. The second-order valence-corrected chi connectivity index (χ2v) is 2.83. The Morgan fingerprint density at radius 3 is 2.78 bits per heavy atom. The molecule has 2 aliphatic rings. The van der Waals surface area contributed by atoms with Gasteiger partial charge in [0, 0.05) is 5.92 Å². The molecular formula is C7H9NO. The zero-order valence-electron chi connectivity index (χ0n) is 5.08. The van der Waals surface area contributed by atoms with Crippen molar-refractivity contribution in [2.75, 3.05) is 0 Å². The van der Waals surface area contributed by atoms with Crippen LogP contribution in [0.1, 0.15) is 6.42 Å². The Balaban J connectivity index is 2.10. The Morgan fingerprint density at radius 1 is 1.67 bits per heavy atom. The summed E-state index contributed by atoms with van der Waals surface area (Å²) in [5.41, 5.74) is 5.12. The van der Waals surface area contributed by atoms with E-state index in [1.165, 1.54) is 0 Å².